The van der Waals surface area contributed by atoms with E-state index in [2.05, 4.69) is 5.32 Å². The number of hydrogen-bond acceptors (Lipinski definition) is 2. The van der Waals surface area contributed by atoms with E-state index in [9.17, 15) is 5.11 Å². The molecule has 0 radical (unpaired) electrons. The Bertz CT molecular complexity index is 534. The molecule has 20 heavy (non-hydrogen) atoms. The van der Waals surface area contributed by atoms with Gasteiger partial charge in [-0.25, -0.2) is 0 Å². The van der Waals surface area contributed by atoms with Crippen molar-refractivity contribution in [1.29, 1.82) is 0 Å². The van der Waals surface area contributed by atoms with Gasteiger partial charge in [0.1, 0.15) is 0 Å². The number of rotatable bonds is 5. The fourth-order valence-corrected chi connectivity index (χ4v) is 2.12. The normalized spacial score (nSPS) is 11.8. The molecule has 0 aliphatic heterocycles. The topological polar surface area (TPSA) is 32.3 Å². The number of aliphatic hydroxyl groups excluding tert-OH is 1. The Balaban J connectivity index is 0.00000200. The molecule has 5 heteroatoms. The highest BCUT2D eigenvalue weighted by Crippen LogP contribution is 2.22. The smallest absolute Gasteiger partial charge is 0.0914 e. The van der Waals surface area contributed by atoms with Crippen LogP contribution in [0.5, 0.6) is 0 Å². The van der Waals surface area contributed by atoms with Gasteiger partial charge >= 0.3 is 0 Å². The van der Waals surface area contributed by atoms with Crippen molar-refractivity contribution < 1.29 is 17.5 Å². The zero-order valence-corrected chi connectivity index (χ0v) is 13.0. The molecule has 2 nitrogen and oxygen atoms in total. The Morgan fingerprint density at radius 3 is 2.35 bits per heavy atom. The molecule has 0 aromatic heterocycles. The summed E-state index contributed by atoms with van der Waals surface area (Å²) in [4.78, 5) is 0. The summed E-state index contributed by atoms with van der Waals surface area (Å²) in [6, 6.07) is 15.1. The van der Waals surface area contributed by atoms with Crippen molar-refractivity contribution in [2.75, 3.05) is 6.54 Å². The molecule has 0 fully saturated rings. The maximum atomic E-state index is 9.99. The average molecular weight is 332 g/mol. The van der Waals surface area contributed by atoms with E-state index in [0.717, 1.165) is 11.1 Å². The van der Waals surface area contributed by atoms with Crippen molar-refractivity contribution in [2.45, 2.75) is 12.6 Å². The van der Waals surface area contributed by atoms with Gasteiger partial charge in [-0.2, -0.15) is 0 Å². The summed E-state index contributed by atoms with van der Waals surface area (Å²) in [5.74, 6) is 0. The van der Waals surface area contributed by atoms with Crippen LogP contribution in [0.4, 0.5) is 0 Å². The van der Waals surface area contributed by atoms with E-state index in [1.54, 1.807) is 6.07 Å². The minimum absolute atomic E-state index is 0. The van der Waals surface area contributed by atoms with Crippen molar-refractivity contribution in [1.82, 2.24) is 5.32 Å². The SMILES string of the molecule is OC(CNCc1ccc(Cl)c(Cl)c1)c1ccccc1.[Cl-]. The van der Waals surface area contributed by atoms with Gasteiger partial charge in [0, 0.05) is 13.1 Å². The first-order valence-electron chi connectivity index (χ1n) is 6.04. The lowest BCUT2D eigenvalue weighted by Gasteiger charge is -2.12. The molecular weight excluding hydrogens is 317 g/mol. The van der Waals surface area contributed by atoms with E-state index in [1.807, 2.05) is 42.5 Å². The number of aliphatic hydroxyl groups is 1. The minimum Gasteiger partial charge on any atom is -1.00 e. The van der Waals surface area contributed by atoms with E-state index in [4.69, 9.17) is 23.2 Å². The Morgan fingerprint density at radius 2 is 1.70 bits per heavy atom. The molecule has 0 bridgehead atoms. The van der Waals surface area contributed by atoms with Crippen LogP contribution in [0, 0.1) is 0 Å². The Morgan fingerprint density at radius 1 is 1.00 bits per heavy atom. The molecule has 0 aliphatic carbocycles. The molecule has 108 valence electrons. The van der Waals surface area contributed by atoms with Crippen LogP contribution in [-0.4, -0.2) is 11.7 Å². The van der Waals surface area contributed by atoms with Crippen LogP contribution in [0.1, 0.15) is 17.2 Å². The quantitative estimate of drug-likeness (QED) is 0.850. The molecule has 0 spiro atoms. The van der Waals surface area contributed by atoms with Crippen molar-refractivity contribution in [3.05, 3.63) is 69.7 Å². The van der Waals surface area contributed by atoms with E-state index in [1.165, 1.54) is 0 Å². The van der Waals surface area contributed by atoms with E-state index in [0.29, 0.717) is 23.1 Å². The molecule has 0 heterocycles. The van der Waals surface area contributed by atoms with Crippen molar-refractivity contribution in [2.24, 2.45) is 0 Å². The summed E-state index contributed by atoms with van der Waals surface area (Å²) < 4.78 is 0. The number of halogens is 3. The lowest BCUT2D eigenvalue weighted by Crippen LogP contribution is -3.00. The maximum Gasteiger partial charge on any atom is 0.0914 e. The number of nitrogens with one attached hydrogen (secondary N) is 1. The first kappa shape index (κ1) is 17.3. The zero-order valence-electron chi connectivity index (χ0n) is 10.7. The number of hydrogen-bond donors (Lipinski definition) is 2. The second kappa shape index (κ2) is 8.50. The Kier molecular flexibility index (Phi) is 7.35. The third-order valence-electron chi connectivity index (χ3n) is 2.84. The monoisotopic (exact) mass is 330 g/mol. The molecule has 1 unspecified atom stereocenters. The highest BCUT2D eigenvalue weighted by Gasteiger charge is 2.06. The van der Waals surface area contributed by atoms with Crippen LogP contribution in [-0.2, 0) is 6.54 Å². The minimum atomic E-state index is -0.510. The van der Waals surface area contributed by atoms with Crippen LogP contribution >= 0.6 is 23.2 Å². The predicted octanol–water partition coefficient (Wildman–Crippen LogP) is 0.821. The van der Waals surface area contributed by atoms with Gasteiger partial charge in [-0.15, -0.1) is 0 Å². The van der Waals surface area contributed by atoms with Crippen molar-refractivity contribution in [3.8, 4) is 0 Å². The standard InChI is InChI=1S/C15H15Cl2NO.ClH/c16-13-7-6-11(8-14(13)17)9-18-10-15(19)12-4-2-1-3-5-12;/h1-8,15,18-19H,9-10H2;1H/p-1. The first-order valence-corrected chi connectivity index (χ1v) is 6.80. The first-order chi connectivity index (χ1) is 9.16. The fraction of sp³-hybridized carbons (Fsp3) is 0.200. The lowest BCUT2D eigenvalue weighted by molar-refractivity contribution is -0.00000535. The summed E-state index contributed by atoms with van der Waals surface area (Å²) in [6.07, 6.45) is -0.510. The van der Waals surface area contributed by atoms with Crippen molar-refractivity contribution >= 4 is 23.2 Å². The molecule has 2 aromatic rings. The van der Waals surface area contributed by atoms with E-state index in [-0.39, 0.29) is 12.4 Å². The third kappa shape index (κ3) is 4.97. The summed E-state index contributed by atoms with van der Waals surface area (Å²) >= 11 is 11.8. The average Bonchev–Trinajstić information content (AvgIpc) is 2.43. The molecule has 1 atom stereocenters. The van der Waals surface area contributed by atoms with Crippen LogP contribution in [0.25, 0.3) is 0 Å². The lowest BCUT2D eigenvalue weighted by atomic mass is 10.1. The third-order valence-corrected chi connectivity index (χ3v) is 3.57. The number of benzene rings is 2. The van der Waals surface area contributed by atoms with Crippen LogP contribution in [0.3, 0.4) is 0 Å². The second-order valence-electron chi connectivity index (χ2n) is 4.31. The fourth-order valence-electron chi connectivity index (χ4n) is 1.80. The van der Waals surface area contributed by atoms with E-state index < -0.39 is 6.10 Å². The summed E-state index contributed by atoms with van der Waals surface area (Å²) in [7, 11) is 0. The molecule has 0 aliphatic rings. The van der Waals surface area contributed by atoms with Gasteiger partial charge in [0.15, 0.2) is 0 Å². The zero-order chi connectivity index (χ0) is 13.7. The Labute approximate surface area is 135 Å². The second-order valence-corrected chi connectivity index (χ2v) is 5.12. The van der Waals surface area contributed by atoms with Crippen molar-refractivity contribution in [3.63, 3.8) is 0 Å². The highest BCUT2D eigenvalue weighted by atomic mass is 35.5. The summed E-state index contributed by atoms with van der Waals surface area (Å²) in [5, 5.41) is 14.3. The van der Waals surface area contributed by atoms with Gasteiger partial charge < -0.3 is 22.8 Å². The molecule has 2 rings (SSSR count). The summed E-state index contributed by atoms with van der Waals surface area (Å²) in [6.45, 7) is 1.13. The maximum absolute atomic E-state index is 9.99. The molecule has 0 amide bonds. The van der Waals surface area contributed by atoms with Crippen LogP contribution in [0.15, 0.2) is 48.5 Å². The predicted molar refractivity (Wildman–Crippen MR) is 79.6 cm³/mol. The van der Waals surface area contributed by atoms with Gasteiger partial charge in [-0.3, -0.25) is 0 Å². The van der Waals surface area contributed by atoms with Gasteiger partial charge in [0.05, 0.1) is 16.1 Å². The molecule has 0 saturated heterocycles. The van der Waals surface area contributed by atoms with Gasteiger partial charge in [-0.05, 0) is 23.3 Å². The van der Waals surface area contributed by atoms with Gasteiger partial charge in [0.2, 0.25) is 0 Å². The van der Waals surface area contributed by atoms with Crippen LogP contribution in [0.2, 0.25) is 10.0 Å². The molecule has 2 N–H and O–H groups in total. The molecule has 0 saturated carbocycles. The van der Waals surface area contributed by atoms with Crippen LogP contribution < -0.4 is 17.7 Å². The van der Waals surface area contributed by atoms with Gasteiger partial charge in [-0.1, -0.05) is 59.6 Å². The largest absolute Gasteiger partial charge is 1.00 e. The highest BCUT2D eigenvalue weighted by molar-refractivity contribution is 6.42. The Hall–Kier alpha value is -0.770. The molecule has 2 aromatic carbocycles. The van der Waals surface area contributed by atoms with Gasteiger partial charge in [0.25, 0.3) is 0 Å². The summed E-state index contributed by atoms with van der Waals surface area (Å²) in [5.41, 5.74) is 1.94. The van der Waals surface area contributed by atoms with E-state index >= 15 is 0 Å². The molecular formula is C15H15Cl3NO-.